The van der Waals surface area contributed by atoms with Gasteiger partial charge in [-0.15, -0.1) is 0 Å². The normalized spacial score (nSPS) is 13.7. The first-order valence-corrected chi connectivity index (χ1v) is 10.5. The average molecular weight is 398 g/mol. The Labute approximate surface area is 172 Å². The molecule has 0 atom stereocenters. The first-order valence-electron chi connectivity index (χ1n) is 10.5. The van der Waals surface area contributed by atoms with E-state index in [1.54, 1.807) is 22.7 Å². The summed E-state index contributed by atoms with van der Waals surface area (Å²) in [7, 11) is 1.80. The summed E-state index contributed by atoms with van der Waals surface area (Å²) in [4.78, 5) is 32.2. The van der Waals surface area contributed by atoms with Crippen molar-refractivity contribution in [3.05, 3.63) is 57.8 Å². The highest BCUT2D eigenvalue weighted by Gasteiger charge is 2.26. The third-order valence-corrected chi connectivity index (χ3v) is 5.24. The minimum absolute atomic E-state index is 0.0756. The van der Waals surface area contributed by atoms with Gasteiger partial charge >= 0.3 is 0 Å². The molecule has 3 heterocycles. The van der Waals surface area contributed by atoms with E-state index in [0.717, 1.165) is 37.1 Å². The van der Waals surface area contributed by atoms with Crippen molar-refractivity contribution in [1.29, 1.82) is 0 Å². The highest BCUT2D eigenvalue weighted by atomic mass is 16.5. The molecule has 2 aromatic heterocycles. The Morgan fingerprint density at radius 2 is 2.10 bits per heavy atom. The Bertz CT molecular complexity index is 890. The van der Waals surface area contributed by atoms with Gasteiger partial charge in [0.15, 0.2) is 0 Å². The molecule has 1 aliphatic rings. The van der Waals surface area contributed by atoms with Gasteiger partial charge in [-0.2, -0.15) is 0 Å². The lowest BCUT2D eigenvalue weighted by Gasteiger charge is -2.23. The molecule has 6 heteroatoms. The molecule has 0 bridgehead atoms. The molecule has 0 unspecified atom stereocenters. The molecule has 0 aromatic carbocycles. The quantitative estimate of drug-likeness (QED) is 0.719. The summed E-state index contributed by atoms with van der Waals surface area (Å²) in [6.07, 6.45) is 6.17. The van der Waals surface area contributed by atoms with Crippen LogP contribution in [0.4, 0.5) is 0 Å². The second kappa shape index (κ2) is 9.72. The largest absolute Gasteiger partial charge is 0.492 e. The number of ether oxygens (including phenoxy) is 1. The molecule has 6 nitrogen and oxygen atoms in total. The molecular weight excluding hydrogens is 366 g/mol. The lowest BCUT2D eigenvalue weighted by Crippen LogP contribution is -2.33. The zero-order valence-electron chi connectivity index (χ0n) is 17.7. The number of carbonyl (C=O) groups is 1. The van der Waals surface area contributed by atoms with Gasteiger partial charge in [-0.05, 0) is 37.3 Å². The highest BCUT2D eigenvalue weighted by Crippen LogP contribution is 2.26. The van der Waals surface area contributed by atoms with Gasteiger partial charge in [0.25, 0.3) is 11.5 Å². The molecule has 0 aliphatic carbocycles. The topological polar surface area (TPSA) is 64.4 Å². The van der Waals surface area contributed by atoms with E-state index >= 15 is 0 Å². The standard InChI is InChI=1S/C23H31N3O3/c1-17(2)16-29-20-15-21(27)26-13-8-4-5-10-19(26)22(20)23(28)25(3)14-11-18-9-6-7-12-24-18/h6-7,9,12,15,17H,4-5,8,10-11,13-14,16H2,1-3H3. The van der Waals surface area contributed by atoms with Crippen LogP contribution in [0.3, 0.4) is 0 Å². The van der Waals surface area contributed by atoms with E-state index in [4.69, 9.17) is 4.74 Å². The van der Waals surface area contributed by atoms with Gasteiger partial charge in [-0.1, -0.05) is 26.3 Å². The maximum Gasteiger partial charge on any atom is 0.259 e. The predicted molar refractivity (Wildman–Crippen MR) is 113 cm³/mol. The summed E-state index contributed by atoms with van der Waals surface area (Å²) in [5.74, 6) is 0.637. The van der Waals surface area contributed by atoms with E-state index < -0.39 is 0 Å². The number of likely N-dealkylation sites (N-methyl/N-ethyl adjacent to an activating group) is 1. The molecule has 0 saturated carbocycles. The van der Waals surface area contributed by atoms with Gasteiger partial charge < -0.3 is 14.2 Å². The van der Waals surface area contributed by atoms with Crippen molar-refractivity contribution in [2.75, 3.05) is 20.2 Å². The molecule has 1 aliphatic heterocycles. The number of fused-ring (bicyclic) bond motifs is 1. The van der Waals surface area contributed by atoms with Crippen molar-refractivity contribution in [3.8, 4) is 5.75 Å². The van der Waals surface area contributed by atoms with Gasteiger partial charge in [-0.25, -0.2) is 0 Å². The van der Waals surface area contributed by atoms with E-state index in [-0.39, 0.29) is 11.5 Å². The second-order valence-electron chi connectivity index (χ2n) is 8.13. The lowest BCUT2D eigenvalue weighted by atomic mass is 10.1. The van der Waals surface area contributed by atoms with Crippen molar-refractivity contribution in [3.63, 3.8) is 0 Å². The summed E-state index contributed by atoms with van der Waals surface area (Å²) >= 11 is 0. The van der Waals surface area contributed by atoms with Crippen molar-refractivity contribution in [2.45, 2.75) is 52.5 Å². The summed E-state index contributed by atoms with van der Waals surface area (Å²) in [5, 5.41) is 0. The third-order valence-electron chi connectivity index (χ3n) is 5.24. The first kappa shape index (κ1) is 21.1. The number of amides is 1. The number of hydrogen-bond acceptors (Lipinski definition) is 4. The van der Waals surface area contributed by atoms with Gasteiger partial charge in [0.2, 0.25) is 0 Å². The van der Waals surface area contributed by atoms with E-state index in [9.17, 15) is 9.59 Å². The van der Waals surface area contributed by atoms with E-state index in [1.165, 1.54) is 6.07 Å². The van der Waals surface area contributed by atoms with E-state index in [1.807, 2.05) is 18.2 Å². The van der Waals surface area contributed by atoms with Crippen LogP contribution in [0.2, 0.25) is 0 Å². The Hall–Kier alpha value is -2.63. The minimum Gasteiger partial charge on any atom is -0.492 e. The van der Waals surface area contributed by atoms with Crippen LogP contribution in [-0.4, -0.2) is 40.6 Å². The van der Waals surface area contributed by atoms with E-state index in [2.05, 4.69) is 18.8 Å². The van der Waals surface area contributed by atoms with Gasteiger partial charge in [0.1, 0.15) is 11.3 Å². The number of carbonyl (C=O) groups excluding carboxylic acids is 1. The summed E-state index contributed by atoms with van der Waals surface area (Å²) < 4.78 is 7.72. The van der Waals surface area contributed by atoms with Crippen molar-refractivity contribution < 1.29 is 9.53 Å². The molecule has 2 aromatic rings. The van der Waals surface area contributed by atoms with Crippen molar-refractivity contribution in [1.82, 2.24) is 14.5 Å². The van der Waals surface area contributed by atoms with Crippen LogP contribution in [0.25, 0.3) is 0 Å². The van der Waals surface area contributed by atoms with Crippen LogP contribution in [0.15, 0.2) is 35.3 Å². The zero-order chi connectivity index (χ0) is 20.8. The van der Waals surface area contributed by atoms with Crippen molar-refractivity contribution in [2.24, 2.45) is 5.92 Å². The van der Waals surface area contributed by atoms with Crippen molar-refractivity contribution >= 4 is 5.91 Å². The molecule has 156 valence electrons. The molecule has 0 saturated heterocycles. The first-order chi connectivity index (χ1) is 14.0. The maximum absolute atomic E-state index is 13.4. The molecule has 3 rings (SSSR count). The summed E-state index contributed by atoms with van der Waals surface area (Å²) in [6, 6.07) is 7.29. The fourth-order valence-electron chi connectivity index (χ4n) is 3.64. The van der Waals surface area contributed by atoms with Crippen LogP contribution < -0.4 is 10.3 Å². The zero-order valence-corrected chi connectivity index (χ0v) is 17.7. The lowest BCUT2D eigenvalue weighted by molar-refractivity contribution is 0.0788. The molecule has 0 spiro atoms. The Morgan fingerprint density at radius 1 is 1.28 bits per heavy atom. The molecule has 0 fully saturated rings. The number of rotatable bonds is 7. The Balaban J connectivity index is 1.91. The average Bonchev–Trinajstić information content (AvgIpc) is 2.97. The maximum atomic E-state index is 13.4. The van der Waals surface area contributed by atoms with Gasteiger partial charge in [-0.3, -0.25) is 14.6 Å². The van der Waals surface area contributed by atoms with Crippen LogP contribution in [0, 0.1) is 5.92 Å². The Kier molecular flexibility index (Phi) is 7.07. The predicted octanol–water partition coefficient (Wildman–Crippen LogP) is 3.32. The van der Waals surface area contributed by atoms with Crippen LogP contribution in [0.5, 0.6) is 5.75 Å². The third kappa shape index (κ3) is 5.25. The monoisotopic (exact) mass is 397 g/mol. The SMILES string of the molecule is CC(C)COc1cc(=O)n2c(c1C(=O)N(C)CCc1ccccn1)CCCCC2. The Morgan fingerprint density at radius 3 is 2.83 bits per heavy atom. The number of pyridine rings is 2. The minimum atomic E-state index is -0.0923. The van der Waals surface area contributed by atoms with Crippen LogP contribution >= 0.6 is 0 Å². The molecule has 29 heavy (non-hydrogen) atoms. The number of hydrogen-bond donors (Lipinski definition) is 0. The van der Waals surface area contributed by atoms with E-state index in [0.29, 0.717) is 43.3 Å². The fraction of sp³-hybridized carbons (Fsp3) is 0.522. The number of aromatic nitrogens is 2. The number of nitrogens with zero attached hydrogens (tertiary/aromatic N) is 3. The molecular formula is C23H31N3O3. The molecule has 0 radical (unpaired) electrons. The van der Waals surface area contributed by atoms with Crippen LogP contribution in [-0.2, 0) is 19.4 Å². The van der Waals surface area contributed by atoms with Gasteiger partial charge in [0, 0.05) is 50.2 Å². The fourth-order valence-corrected chi connectivity index (χ4v) is 3.64. The summed E-state index contributed by atoms with van der Waals surface area (Å²) in [5.41, 5.74) is 2.25. The van der Waals surface area contributed by atoms with Crippen LogP contribution in [0.1, 0.15) is 54.9 Å². The second-order valence-corrected chi connectivity index (χ2v) is 8.13. The molecule has 1 amide bonds. The molecule has 0 N–H and O–H groups in total. The highest BCUT2D eigenvalue weighted by molar-refractivity contribution is 5.98. The van der Waals surface area contributed by atoms with Gasteiger partial charge in [0.05, 0.1) is 6.61 Å². The summed E-state index contributed by atoms with van der Waals surface area (Å²) in [6.45, 7) is 5.79. The smallest absolute Gasteiger partial charge is 0.259 e.